The second-order valence-corrected chi connectivity index (χ2v) is 7.02. The number of carbonyl (C=O) groups excluding carboxylic acids is 2. The molecule has 1 aromatic rings. The lowest BCUT2D eigenvalue weighted by Crippen LogP contribution is -2.46. The molecule has 0 spiro atoms. The average Bonchev–Trinajstić information content (AvgIpc) is 2.78. The lowest BCUT2D eigenvalue weighted by molar-refractivity contribution is -0.141. The number of carboxylic acids is 3. The molecule has 1 rings (SSSR count). The first kappa shape index (κ1) is 30.2. The van der Waals surface area contributed by atoms with Gasteiger partial charge in [0.2, 0.25) is 0 Å². The van der Waals surface area contributed by atoms with Gasteiger partial charge in [-0.2, -0.15) is 0 Å². The van der Waals surface area contributed by atoms with Crippen molar-refractivity contribution in [3.05, 3.63) is 35.9 Å². The number of carboxylic acid groups (broad SMARTS) is 3. The van der Waals surface area contributed by atoms with Gasteiger partial charge in [-0.05, 0) is 31.7 Å². The molecule has 0 bridgehead atoms. The number of alkyl carbamates (subject to hydrolysis) is 1. The molecular formula is C22H33N3O9. The van der Waals surface area contributed by atoms with Crippen molar-refractivity contribution in [2.45, 2.75) is 58.1 Å². The molecule has 34 heavy (non-hydrogen) atoms. The predicted molar refractivity (Wildman–Crippen MR) is 121 cm³/mol. The number of ether oxygens (including phenoxy) is 1. The number of urea groups is 1. The molecule has 0 aromatic heterocycles. The van der Waals surface area contributed by atoms with Crippen LogP contribution in [-0.4, -0.2) is 64.5 Å². The van der Waals surface area contributed by atoms with Crippen molar-refractivity contribution in [3.63, 3.8) is 0 Å². The van der Waals surface area contributed by atoms with Crippen LogP contribution < -0.4 is 16.0 Å². The molecule has 0 saturated carbocycles. The molecule has 1 unspecified atom stereocenters. The second-order valence-electron chi connectivity index (χ2n) is 7.02. The molecule has 1 atom stereocenters. The summed E-state index contributed by atoms with van der Waals surface area (Å²) >= 11 is 0. The van der Waals surface area contributed by atoms with Gasteiger partial charge in [-0.25, -0.2) is 14.4 Å². The van der Waals surface area contributed by atoms with E-state index in [-0.39, 0.29) is 25.9 Å². The fourth-order valence-electron chi connectivity index (χ4n) is 2.44. The molecule has 3 amide bonds. The number of aliphatic carboxylic acids is 3. The summed E-state index contributed by atoms with van der Waals surface area (Å²) in [7, 11) is 0. The van der Waals surface area contributed by atoms with Crippen molar-refractivity contribution in [1.29, 1.82) is 0 Å². The maximum absolute atomic E-state index is 11.3. The summed E-state index contributed by atoms with van der Waals surface area (Å²) in [6.07, 6.45) is 1.47. The number of carbonyl (C=O) groups is 5. The molecule has 0 aliphatic rings. The molecule has 190 valence electrons. The number of benzene rings is 1. The highest BCUT2D eigenvalue weighted by molar-refractivity contribution is 5.82. The molecule has 0 heterocycles. The van der Waals surface area contributed by atoms with Crippen LogP contribution in [0.25, 0.3) is 0 Å². The summed E-state index contributed by atoms with van der Waals surface area (Å²) in [5.41, 5.74) is 0.944. The first-order valence-electron chi connectivity index (χ1n) is 10.8. The smallest absolute Gasteiger partial charge is 0.407 e. The summed E-state index contributed by atoms with van der Waals surface area (Å²) in [4.78, 5) is 53.4. The maximum Gasteiger partial charge on any atom is 0.407 e. The third-order valence-corrected chi connectivity index (χ3v) is 4.14. The van der Waals surface area contributed by atoms with Gasteiger partial charge in [0.25, 0.3) is 0 Å². The Hall–Kier alpha value is -3.83. The zero-order valence-corrected chi connectivity index (χ0v) is 19.1. The van der Waals surface area contributed by atoms with Crippen molar-refractivity contribution in [2.24, 2.45) is 0 Å². The van der Waals surface area contributed by atoms with E-state index in [1.54, 1.807) is 6.92 Å². The second kappa shape index (κ2) is 18.7. The van der Waals surface area contributed by atoms with Crippen LogP contribution in [0.3, 0.4) is 0 Å². The molecule has 1 aromatic carbocycles. The van der Waals surface area contributed by atoms with Gasteiger partial charge in [0.1, 0.15) is 12.6 Å². The fraction of sp³-hybridized carbons (Fsp3) is 0.500. The molecule has 0 aliphatic heterocycles. The topological polar surface area (TPSA) is 191 Å². The zero-order valence-electron chi connectivity index (χ0n) is 19.1. The van der Waals surface area contributed by atoms with Crippen LogP contribution in [0.1, 0.15) is 51.0 Å². The molecule has 6 N–H and O–H groups in total. The lowest BCUT2D eigenvalue weighted by Gasteiger charge is -2.13. The first-order chi connectivity index (χ1) is 16.1. The van der Waals surface area contributed by atoms with Gasteiger partial charge in [-0.15, -0.1) is 0 Å². The van der Waals surface area contributed by atoms with E-state index in [1.165, 1.54) is 0 Å². The molecular weight excluding hydrogens is 450 g/mol. The fourth-order valence-corrected chi connectivity index (χ4v) is 2.44. The summed E-state index contributed by atoms with van der Waals surface area (Å²) in [5, 5.41) is 32.6. The summed E-state index contributed by atoms with van der Waals surface area (Å²) in [5.74, 6) is -3.13. The van der Waals surface area contributed by atoms with E-state index in [4.69, 9.17) is 20.1 Å². The number of rotatable bonds is 14. The Morgan fingerprint density at radius 1 is 0.882 bits per heavy atom. The van der Waals surface area contributed by atoms with E-state index in [0.29, 0.717) is 19.5 Å². The highest BCUT2D eigenvalue weighted by atomic mass is 16.5. The Bertz CT molecular complexity index is 772. The average molecular weight is 484 g/mol. The van der Waals surface area contributed by atoms with E-state index in [1.807, 2.05) is 30.3 Å². The monoisotopic (exact) mass is 483 g/mol. The van der Waals surface area contributed by atoms with Crippen LogP contribution in [-0.2, 0) is 25.7 Å². The van der Waals surface area contributed by atoms with Crippen LogP contribution in [0.4, 0.5) is 9.59 Å². The van der Waals surface area contributed by atoms with Crippen molar-refractivity contribution in [2.75, 3.05) is 13.1 Å². The van der Waals surface area contributed by atoms with Crippen molar-refractivity contribution < 1.29 is 44.0 Å². The van der Waals surface area contributed by atoms with Gasteiger partial charge in [-0.3, -0.25) is 9.59 Å². The standard InChI is InChI=1S/C14H19NO4.C8H14N2O5/c16-13(17)9-5-2-6-10-15-14(18)19-11-12-7-3-1-4-8-12;1-2-9-8(15)10-5(7(13)14)3-4-6(11)12/h1,3-4,7-8H,2,5-6,9-11H2,(H,15,18)(H,16,17);5H,2-4H2,1H3,(H,11,12)(H,13,14)(H2,9,10,15). The first-order valence-corrected chi connectivity index (χ1v) is 10.8. The molecule has 0 saturated heterocycles. The lowest BCUT2D eigenvalue weighted by atomic mass is 10.1. The Labute approximate surface area is 197 Å². The van der Waals surface area contributed by atoms with Gasteiger partial charge >= 0.3 is 30.0 Å². The van der Waals surface area contributed by atoms with Gasteiger partial charge in [0.15, 0.2) is 0 Å². The number of hydrogen-bond donors (Lipinski definition) is 6. The number of unbranched alkanes of at least 4 members (excludes halogenated alkanes) is 2. The Morgan fingerprint density at radius 2 is 1.53 bits per heavy atom. The Balaban J connectivity index is 0.000000661. The van der Waals surface area contributed by atoms with Crippen molar-refractivity contribution >= 4 is 30.0 Å². The van der Waals surface area contributed by atoms with E-state index in [0.717, 1.165) is 18.4 Å². The molecule has 12 heteroatoms. The van der Waals surface area contributed by atoms with Crippen molar-refractivity contribution in [3.8, 4) is 0 Å². The van der Waals surface area contributed by atoms with Crippen LogP contribution in [0.15, 0.2) is 30.3 Å². The Morgan fingerprint density at radius 3 is 2.09 bits per heavy atom. The number of amides is 3. The van der Waals surface area contributed by atoms with Crippen LogP contribution in [0.2, 0.25) is 0 Å². The van der Waals surface area contributed by atoms with Gasteiger partial charge in [-0.1, -0.05) is 36.8 Å². The van der Waals surface area contributed by atoms with Crippen LogP contribution in [0, 0.1) is 0 Å². The summed E-state index contributed by atoms with van der Waals surface area (Å²) < 4.78 is 5.03. The SMILES string of the molecule is CCNC(=O)NC(CCC(=O)O)C(=O)O.O=C(O)CCCCCNC(=O)OCc1ccccc1. The molecule has 0 fully saturated rings. The summed E-state index contributed by atoms with van der Waals surface area (Å²) in [6.45, 7) is 2.82. The molecule has 0 radical (unpaired) electrons. The minimum atomic E-state index is -1.25. The minimum Gasteiger partial charge on any atom is -0.481 e. The third-order valence-electron chi connectivity index (χ3n) is 4.14. The number of hydrogen-bond acceptors (Lipinski definition) is 6. The van der Waals surface area contributed by atoms with Gasteiger partial charge in [0.05, 0.1) is 0 Å². The third kappa shape index (κ3) is 17.8. The molecule has 12 nitrogen and oxygen atoms in total. The van der Waals surface area contributed by atoms with Crippen LogP contribution >= 0.6 is 0 Å². The highest BCUT2D eigenvalue weighted by Gasteiger charge is 2.20. The van der Waals surface area contributed by atoms with Gasteiger partial charge < -0.3 is 36.0 Å². The van der Waals surface area contributed by atoms with Crippen molar-refractivity contribution in [1.82, 2.24) is 16.0 Å². The van der Waals surface area contributed by atoms with E-state index < -0.39 is 36.1 Å². The van der Waals surface area contributed by atoms with E-state index in [2.05, 4.69) is 16.0 Å². The predicted octanol–water partition coefficient (Wildman–Crippen LogP) is 2.18. The number of nitrogens with one attached hydrogen (secondary N) is 3. The van der Waals surface area contributed by atoms with Gasteiger partial charge in [0, 0.05) is 25.9 Å². The summed E-state index contributed by atoms with van der Waals surface area (Å²) in [6, 6.07) is 7.67. The quantitative estimate of drug-likeness (QED) is 0.215. The normalized spacial score (nSPS) is 10.6. The minimum absolute atomic E-state index is 0.137. The Kier molecular flexibility index (Phi) is 16.6. The highest BCUT2D eigenvalue weighted by Crippen LogP contribution is 2.01. The maximum atomic E-state index is 11.3. The zero-order chi connectivity index (χ0) is 25.8. The van der Waals surface area contributed by atoms with Crippen LogP contribution in [0.5, 0.6) is 0 Å². The molecule has 0 aliphatic carbocycles. The van der Waals surface area contributed by atoms with E-state index >= 15 is 0 Å². The van der Waals surface area contributed by atoms with E-state index in [9.17, 15) is 24.0 Å². The largest absolute Gasteiger partial charge is 0.481 e.